The normalized spacial score (nSPS) is 18.8. The third kappa shape index (κ3) is 7.03. The van der Waals surface area contributed by atoms with E-state index in [-0.39, 0.29) is 25.1 Å². The van der Waals surface area contributed by atoms with Gasteiger partial charge in [0.2, 0.25) is 0 Å². The highest BCUT2D eigenvalue weighted by Gasteiger charge is 2.35. The lowest BCUT2D eigenvalue weighted by molar-refractivity contribution is -0.140. The lowest BCUT2D eigenvalue weighted by Gasteiger charge is -2.29. The lowest BCUT2D eigenvalue weighted by Crippen LogP contribution is -2.36. The SMILES string of the molecule is CN(Cc1ccc(C(F)(F)F)c(F)c1)C1CNCC1c1ccc(Cl)c(Cl)c1.[NH-]CCO. The van der Waals surface area contributed by atoms with Gasteiger partial charge in [-0.3, -0.25) is 4.90 Å². The van der Waals surface area contributed by atoms with Crippen molar-refractivity contribution in [1.29, 1.82) is 0 Å². The summed E-state index contributed by atoms with van der Waals surface area (Å²) >= 11 is 12.1. The summed E-state index contributed by atoms with van der Waals surface area (Å²) in [6, 6.07) is 8.66. The van der Waals surface area contributed by atoms with Gasteiger partial charge >= 0.3 is 6.18 Å². The number of aliphatic hydroxyl groups excluding tert-OH is 1. The molecule has 1 fully saturated rings. The van der Waals surface area contributed by atoms with Gasteiger partial charge in [-0.1, -0.05) is 35.3 Å². The summed E-state index contributed by atoms with van der Waals surface area (Å²) in [4.78, 5) is 2.01. The molecule has 1 saturated heterocycles. The van der Waals surface area contributed by atoms with E-state index in [0.717, 1.165) is 24.2 Å². The maximum absolute atomic E-state index is 13.8. The smallest absolute Gasteiger partial charge is 0.419 e. The van der Waals surface area contributed by atoms with Gasteiger partial charge < -0.3 is 16.2 Å². The second-order valence-corrected chi connectivity index (χ2v) is 8.02. The van der Waals surface area contributed by atoms with E-state index in [0.29, 0.717) is 28.7 Å². The molecule has 2 atom stereocenters. The number of benzene rings is 2. The number of hydrogen-bond acceptors (Lipinski definition) is 3. The van der Waals surface area contributed by atoms with Gasteiger partial charge in [0.1, 0.15) is 5.82 Å². The van der Waals surface area contributed by atoms with E-state index in [2.05, 4.69) is 5.32 Å². The molecule has 0 aliphatic carbocycles. The first-order valence-electron chi connectivity index (χ1n) is 9.55. The predicted octanol–water partition coefficient (Wildman–Crippen LogP) is 5.37. The van der Waals surface area contributed by atoms with Crippen LogP contribution < -0.4 is 5.32 Å². The minimum Gasteiger partial charge on any atom is -0.676 e. The summed E-state index contributed by atoms with van der Waals surface area (Å²) in [6.07, 6.45) is -4.69. The molecule has 0 radical (unpaired) electrons. The van der Waals surface area contributed by atoms with Crippen LogP contribution in [0.5, 0.6) is 0 Å². The minimum atomic E-state index is -4.69. The van der Waals surface area contributed by atoms with Gasteiger partial charge in [0.05, 0.1) is 15.6 Å². The molecule has 4 nitrogen and oxygen atoms in total. The fourth-order valence-corrected chi connectivity index (χ4v) is 3.81. The number of likely N-dealkylation sites (N-methyl/N-ethyl adjacent to an activating group) is 1. The molecule has 172 valence electrons. The van der Waals surface area contributed by atoms with Gasteiger partial charge in [-0.15, -0.1) is 6.54 Å². The quantitative estimate of drug-likeness (QED) is 0.565. The topological polar surface area (TPSA) is 59.3 Å². The average molecular weight is 481 g/mol. The number of halogens is 6. The summed E-state index contributed by atoms with van der Waals surface area (Å²) in [7, 11) is 1.87. The van der Waals surface area contributed by atoms with E-state index in [4.69, 9.17) is 34.0 Å². The predicted molar refractivity (Wildman–Crippen MR) is 115 cm³/mol. The van der Waals surface area contributed by atoms with Crippen LogP contribution in [0.3, 0.4) is 0 Å². The van der Waals surface area contributed by atoms with Crippen LogP contribution in [0.1, 0.15) is 22.6 Å². The maximum atomic E-state index is 13.8. The van der Waals surface area contributed by atoms with Crippen LogP contribution in [-0.4, -0.2) is 49.3 Å². The number of aliphatic hydroxyl groups is 1. The summed E-state index contributed by atoms with van der Waals surface area (Å²) in [5.74, 6) is -1.11. The van der Waals surface area contributed by atoms with Gasteiger partial charge in [-0.2, -0.15) is 13.2 Å². The first-order valence-corrected chi connectivity index (χ1v) is 10.3. The molecular formula is C21H24Cl2F4N3O-. The Hall–Kier alpha value is -1.42. The molecule has 0 bridgehead atoms. The molecule has 3 N–H and O–H groups in total. The van der Waals surface area contributed by atoms with Gasteiger partial charge in [0.25, 0.3) is 0 Å². The molecule has 10 heteroatoms. The number of rotatable bonds is 5. The van der Waals surface area contributed by atoms with E-state index in [1.54, 1.807) is 6.07 Å². The second-order valence-electron chi connectivity index (χ2n) is 7.21. The Bertz CT molecular complexity index is 865. The van der Waals surface area contributed by atoms with Crippen LogP contribution in [0.15, 0.2) is 36.4 Å². The van der Waals surface area contributed by atoms with E-state index in [1.165, 1.54) is 6.07 Å². The van der Waals surface area contributed by atoms with Gasteiger partial charge in [-0.25, -0.2) is 4.39 Å². The molecule has 2 aromatic rings. The van der Waals surface area contributed by atoms with E-state index in [1.807, 2.05) is 24.1 Å². The zero-order valence-electron chi connectivity index (χ0n) is 16.8. The Morgan fingerprint density at radius 3 is 2.35 bits per heavy atom. The first kappa shape index (κ1) is 25.8. The van der Waals surface area contributed by atoms with Crippen LogP contribution in [0.25, 0.3) is 5.73 Å². The van der Waals surface area contributed by atoms with E-state index in [9.17, 15) is 17.6 Å². The highest BCUT2D eigenvalue weighted by atomic mass is 35.5. The Kier molecular flexibility index (Phi) is 9.54. The molecule has 0 amide bonds. The molecule has 31 heavy (non-hydrogen) atoms. The number of nitrogens with zero attached hydrogens (tertiary/aromatic N) is 1. The van der Waals surface area contributed by atoms with Crippen LogP contribution >= 0.6 is 23.2 Å². The van der Waals surface area contributed by atoms with Crippen molar-refractivity contribution in [3.05, 3.63) is 74.7 Å². The molecular weight excluding hydrogens is 457 g/mol. The maximum Gasteiger partial charge on any atom is 0.419 e. The average Bonchev–Trinajstić information content (AvgIpc) is 3.19. The van der Waals surface area contributed by atoms with E-state index < -0.39 is 17.6 Å². The number of hydrogen-bond donors (Lipinski definition) is 2. The Morgan fingerprint density at radius 1 is 1.13 bits per heavy atom. The van der Waals surface area contributed by atoms with Gasteiger partial charge in [0.15, 0.2) is 0 Å². The summed E-state index contributed by atoms with van der Waals surface area (Å²) in [5.41, 5.74) is 6.48. The van der Waals surface area contributed by atoms with Crippen molar-refractivity contribution < 1.29 is 22.7 Å². The molecule has 1 aliphatic heterocycles. The standard InChI is InChI=1S/C19H18Cl2F4N2.C2H6NO/c1-27(10-11-2-4-14(17(22)6-11)19(23,24)25)18-9-26-8-13(18)12-3-5-15(20)16(21)7-12;3-1-2-4/h2-7,13,18,26H,8-10H2,1H3;3-4H,1-2H2/q;-1. The van der Waals surface area contributed by atoms with Crippen molar-refractivity contribution in [3.8, 4) is 0 Å². The fraction of sp³-hybridized carbons (Fsp3) is 0.429. The zero-order valence-corrected chi connectivity index (χ0v) is 18.3. The Morgan fingerprint density at radius 2 is 1.81 bits per heavy atom. The van der Waals surface area contributed by atoms with Gasteiger partial charge in [0, 0.05) is 38.2 Å². The molecule has 0 spiro atoms. The van der Waals surface area contributed by atoms with Crippen molar-refractivity contribution >= 4 is 23.2 Å². The molecule has 3 rings (SSSR count). The second kappa shape index (κ2) is 11.4. The van der Waals surface area contributed by atoms with Gasteiger partial charge in [-0.05, 0) is 42.4 Å². The first-order chi connectivity index (χ1) is 14.6. The minimum absolute atomic E-state index is 0.0139. The molecule has 0 aromatic heterocycles. The number of nitrogens with one attached hydrogen (secondary N) is 2. The van der Waals surface area contributed by atoms with Crippen molar-refractivity contribution in [2.24, 2.45) is 0 Å². The molecule has 2 unspecified atom stereocenters. The Balaban J connectivity index is 0.000000785. The molecule has 0 saturated carbocycles. The third-order valence-electron chi connectivity index (χ3n) is 5.00. The van der Waals surface area contributed by atoms with Crippen molar-refractivity contribution in [2.45, 2.75) is 24.7 Å². The molecule has 1 aliphatic rings. The summed E-state index contributed by atoms with van der Waals surface area (Å²) in [6.45, 7) is 1.90. The zero-order chi connectivity index (χ0) is 23.2. The number of alkyl halides is 3. The highest BCUT2D eigenvalue weighted by Crippen LogP contribution is 2.33. The largest absolute Gasteiger partial charge is 0.676 e. The van der Waals surface area contributed by atoms with Crippen LogP contribution in [0.4, 0.5) is 17.6 Å². The van der Waals surface area contributed by atoms with Crippen molar-refractivity contribution in [3.63, 3.8) is 0 Å². The van der Waals surface area contributed by atoms with Crippen molar-refractivity contribution in [1.82, 2.24) is 10.2 Å². The van der Waals surface area contributed by atoms with Crippen LogP contribution in [0.2, 0.25) is 10.0 Å². The fourth-order valence-electron chi connectivity index (χ4n) is 3.50. The van der Waals surface area contributed by atoms with Crippen molar-refractivity contribution in [2.75, 3.05) is 33.3 Å². The third-order valence-corrected chi connectivity index (χ3v) is 5.74. The monoisotopic (exact) mass is 480 g/mol. The Labute approximate surface area is 188 Å². The summed E-state index contributed by atoms with van der Waals surface area (Å²) < 4.78 is 51.9. The molecule has 1 heterocycles. The lowest BCUT2D eigenvalue weighted by atomic mass is 9.93. The molecule has 2 aromatic carbocycles. The van der Waals surface area contributed by atoms with E-state index >= 15 is 0 Å². The highest BCUT2D eigenvalue weighted by molar-refractivity contribution is 6.42. The summed E-state index contributed by atoms with van der Waals surface area (Å²) in [5, 5.41) is 12.0. The van der Waals surface area contributed by atoms with Crippen LogP contribution in [0, 0.1) is 5.82 Å². The van der Waals surface area contributed by atoms with Crippen LogP contribution in [-0.2, 0) is 12.7 Å².